The summed E-state index contributed by atoms with van der Waals surface area (Å²) < 4.78 is 60.5. The maximum atomic E-state index is 17.4. The van der Waals surface area contributed by atoms with Gasteiger partial charge in [0.2, 0.25) is 71.3 Å². The molecule has 41 nitrogen and oxygen atoms in total. The number of benzene rings is 7. The van der Waals surface area contributed by atoms with Gasteiger partial charge in [-0.2, -0.15) is 0 Å². The van der Waals surface area contributed by atoms with Crippen LogP contribution in [0.4, 0.5) is 0 Å². The van der Waals surface area contributed by atoms with E-state index in [9.17, 15) is 65.8 Å². The number of aliphatic hydroxyl groups excluding tert-OH is 7. The van der Waals surface area contributed by atoms with Crippen molar-refractivity contribution in [1.82, 2.24) is 66.8 Å². The number of nitrogens with zero attached hydrogens (tertiary/aromatic N) is 4. The van der Waals surface area contributed by atoms with Crippen LogP contribution in [0.2, 0.25) is 10.0 Å². The summed E-state index contributed by atoms with van der Waals surface area (Å²) in [7, 11) is 1.81. The molecule has 0 aromatic heterocycles. The van der Waals surface area contributed by atoms with Crippen LogP contribution in [-0.2, 0) is 59.0 Å². The van der Waals surface area contributed by atoms with Crippen LogP contribution in [-0.4, -0.2) is 277 Å². The molecule has 17 bridgehead atoms. The standard InChI is InChI=1S/C100H122Cl2N13O28P/c1-5-6-7-8-9-10-11-12-13-21-73(120)106-82-85(123)87(125)90(98(134)135)142-99(82)141-89-70-44-55-45-71(89)138-66-31-26-54(42-62(66)101)83(121)81-97(133)110-79(92(128)104-32-20-33-112(3)4)60-46-56(117)47-68(139-100-88(126)86(124)84(122)72(50-116)140-100)74(60)59-41-52(24-29-64(59)118)77(94(130)111-81)107-95(131)78(55)108-96(132)80-61-48-58(49-69(75(61)102)143-144(113-34-14-15-35-113,114-36-16-17-37-114)115-38-18-19-39-115)137-67-43-53(25-30-65(67)119)76(103-2)93(129)105-63(91(127)109-80)40-51-22-27-57(136-70)28-23-51/h22-31,41-49,63,72,76-88,90,99-100,103,116,121-126H,5-21,32-40,50H2,1-4H3,(H11-,104,105,106,107,108,109,110,111,117,118,119,120,127,128,129,130,131,132,133,134,135)/t63-,72-,76+,77-,78-,79-,80+,81+,82-,83-,84-,85-,86+,87+,88+,90+,99-,100+/m1/s1. The quantitative estimate of drug-likeness (QED) is 0.0209. The number of carbonyl (C=O) groups is 9. The highest BCUT2D eigenvalue weighted by Crippen LogP contribution is 2.71. The third-order valence-corrected chi connectivity index (χ3v) is 31.9. The van der Waals surface area contributed by atoms with Gasteiger partial charge in [-0.15, -0.1) is 14.0 Å². The predicted molar refractivity (Wildman–Crippen MR) is 518 cm³/mol. The number of phenols is 3. The van der Waals surface area contributed by atoms with E-state index in [2.05, 4.69) is 68.8 Å². The summed E-state index contributed by atoms with van der Waals surface area (Å²) in [5.74, 6) is -16.8. The van der Waals surface area contributed by atoms with Crippen molar-refractivity contribution in [3.05, 3.63) is 164 Å². The molecule has 5 fully saturated rings. The molecule has 18 rings (SSSR count). The average Bonchev–Trinajstić information content (AvgIpc) is 1.71. The molecule has 44 heteroatoms. The molecule has 19 N–H and O–H groups in total. The van der Waals surface area contributed by atoms with Gasteiger partial charge in [0.05, 0.1) is 22.6 Å². The summed E-state index contributed by atoms with van der Waals surface area (Å²) in [5.41, 5.74) is -2.29. The van der Waals surface area contributed by atoms with Gasteiger partial charge in [0.15, 0.2) is 23.0 Å². The number of aromatic hydroxyl groups is 3. The molecule has 144 heavy (non-hydrogen) atoms. The number of fused-ring (bicyclic) bond motifs is 14. The van der Waals surface area contributed by atoms with Gasteiger partial charge in [0, 0.05) is 87.5 Å². The van der Waals surface area contributed by atoms with Crippen LogP contribution in [0, 0.1) is 0 Å². The van der Waals surface area contributed by atoms with Crippen molar-refractivity contribution in [2.75, 3.05) is 80.1 Å². The minimum absolute atomic E-state index is 0.0812. The number of phenolic OH excluding ortho intramolecular Hbond substituents is 3. The molecule has 0 radical (unpaired) electrons. The van der Waals surface area contributed by atoms with Crippen molar-refractivity contribution in [3.8, 4) is 80.1 Å². The fourth-order valence-electron chi connectivity index (χ4n) is 19.7. The van der Waals surface area contributed by atoms with Crippen molar-refractivity contribution < 1.29 is 137 Å². The van der Waals surface area contributed by atoms with Gasteiger partial charge in [-0.1, -0.05) is 112 Å². The Labute approximate surface area is 840 Å². The van der Waals surface area contributed by atoms with Gasteiger partial charge in [0.1, 0.15) is 132 Å². The van der Waals surface area contributed by atoms with E-state index in [1.54, 1.807) is 14.1 Å². The molecule has 0 spiro atoms. The molecule has 0 aliphatic carbocycles. The first-order chi connectivity index (χ1) is 69.2. The van der Waals surface area contributed by atoms with Crippen LogP contribution in [0.25, 0.3) is 11.1 Å². The number of ether oxygens (including phenoxy) is 7. The number of rotatable bonds is 28. The molecule has 18 atom stereocenters. The maximum absolute atomic E-state index is 17.4. The van der Waals surface area contributed by atoms with Gasteiger partial charge in [-0.25, -0.2) is 0 Å². The predicted octanol–water partition coefficient (Wildman–Crippen LogP) is 5.62. The van der Waals surface area contributed by atoms with E-state index >= 15 is 33.6 Å². The summed E-state index contributed by atoms with van der Waals surface area (Å²) >= 11 is 15.5. The Morgan fingerprint density at radius 1 is 0.542 bits per heavy atom. The lowest BCUT2D eigenvalue weighted by atomic mass is 9.89. The fraction of sp³-hybridized carbons (Fsp3) is 0.490. The summed E-state index contributed by atoms with van der Waals surface area (Å²) in [4.78, 5) is 144. The molecule has 8 amide bonds. The monoisotopic (exact) mass is 2050 g/mol. The number of carboxylic acid groups (broad SMARTS) is 1. The molecule has 7 aromatic rings. The summed E-state index contributed by atoms with van der Waals surface area (Å²) in [6, 6.07) is 7.26. The van der Waals surface area contributed by atoms with Gasteiger partial charge >= 0.3 is 7.94 Å². The van der Waals surface area contributed by atoms with E-state index in [1.165, 1.54) is 67.7 Å². The zero-order valence-corrected chi connectivity index (χ0v) is 82.2. The molecule has 11 heterocycles. The zero-order valence-electron chi connectivity index (χ0n) is 79.8. The Morgan fingerprint density at radius 3 is 1.79 bits per heavy atom. The summed E-state index contributed by atoms with van der Waals surface area (Å²) in [5, 5.41) is 155. The second kappa shape index (κ2) is 46.4. The number of aliphatic carboxylic acids is 1. The number of unbranched alkanes of at least 4 members (excludes halogenated alkanes) is 8. The Balaban J connectivity index is 0.930. The van der Waals surface area contributed by atoms with Gasteiger partial charge in [0.25, 0.3) is 0 Å². The van der Waals surface area contributed by atoms with Crippen molar-refractivity contribution in [2.45, 2.75) is 232 Å². The van der Waals surface area contributed by atoms with Crippen molar-refractivity contribution in [1.29, 1.82) is 0 Å². The van der Waals surface area contributed by atoms with Crippen LogP contribution in [0.5, 0.6) is 69.0 Å². The molecule has 0 unspecified atom stereocenters. The Morgan fingerprint density at radius 2 is 1.15 bits per heavy atom. The lowest BCUT2D eigenvalue weighted by Gasteiger charge is -2.43. The zero-order chi connectivity index (χ0) is 102. The highest BCUT2D eigenvalue weighted by Gasteiger charge is 2.63. The van der Waals surface area contributed by atoms with Crippen molar-refractivity contribution >= 4 is 84.4 Å². The Hall–Kier alpha value is -11.6. The summed E-state index contributed by atoms with van der Waals surface area (Å²) in [6.45, 7) is 5.14. The normalized spacial score (nSPS) is 26.4. The van der Waals surface area contributed by atoms with Crippen molar-refractivity contribution in [2.24, 2.45) is 0 Å². The van der Waals surface area contributed by atoms with Crippen LogP contribution >= 0.6 is 31.1 Å². The van der Waals surface area contributed by atoms with Crippen LogP contribution in [0.3, 0.4) is 0 Å². The average molecular weight is 2060 g/mol. The number of carboxylic acids is 1. The highest BCUT2D eigenvalue weighted by molar-refractivity contribution is 7.64. The number of likely N-dealkylation sites (N-methyl/N-ethyl adjacent to an activating group) is 1. The fourth-order valence-corrected chi connectivity index (χ4v) is 24.5. The minimum Gasteiger partial charge on any atom is -0.547 e. The number of carbonyl (C=O) groups excluding carboxylic acids is 9. The minimum atomic E-state index is -3.22. The topological polar surface area (TPSA) is 574 Å². The van der Waals surface area contributed by atoms with Gasteiger partial charge in [-0.3, -0.25) is 42.9 Å². The largest absolute Gasteiger partial charge is 0.547 e. The number of aliphatic hydroxyl groups is 7. The maximum Gasteiger partial charge on any atom is 0.417 e. The molecule has 11 aliphatic rings. The lowest BCUT2D eigenvalue weighted by Crippen LogP contribution is -2.67. The number of nitrogens with one attached hydrogen (secondary N) is 9. The van der Waals surface area contributed by atoms with E-state index in [4.69, 9.17) is 60.9 Å². The molecule has 0 saturated carbocycles. The van der Waals surface area contributed by atoms with Gasteiger partial charge < -0.3 is 147 Å². The molecular weight excluding hydrogens is 1930 g/mol. The van der Waals surface area contributed by atoms with E-state index < -0.39 is 256 Å². The van der Waals surface area contributed by atoms with Crippen LogP contribution < -0.4 is 81.2 Å². The van der Waals surface area contributed by atoms with E-state index in [0.717, 1.165) is 138 Å². The van der Waals surface area contributed by atoms with E-state index in [1.807, 2.05) is 4.90 Å². The Bertz CT molecular complexity index is 5840. The smallest absolute Gasteiger partial charge is 0.417 e. The van der Waals surface area contributed by atoms with E-state index in [0.29, 0.717) is 70.6 Å². The number of hydrogen-bond donors (Lipinski definition) is 19. The second-order valence-corrected chi connectivity index (χ2v) is 41.5. The van der Waals surface area contributed by atoms with Crippen LogP contribution in [0.1, 0.15) is 191 Å². The first-order valence-electron chi connectivity index (χ1n) is 48.8. The number of halogens is 2. The SMILES string of the molecule is CCCCCCCCCCCC(=O)N[C@H]1[C@H](Oc2c3cc4cc2Oc2ccc(cc2Cl)[C@@H](O)[C@@H]2NC(=O)[C@H](NC(=O)[C@@H]4NC(=O)[C@H]4NC(=O)[C@@H](Cc5ccc(cc5)O3)NC(=O)[C@@H](NC)c3ccc(O)c(c3)Oc3cc(O[P+](N5CCCC5)(N5CCCC5)N5CCCC5)c(Cl)c4c3)c3ccc(O)c(c3)-c3c(O[C@H]4O[C@H](CO)[C@@H](O)[C@H](O)[C@@H]4O)cc(O)cc3[C@H](C(=O)NCCCN(C)C)NC2=O)O[C@H](C(=O)[O-])[C@@H](O)[C@@H]1O. The molecular formula is C100H122Cl2N13O28P. The molecule has 11 aliphatic heterocycles. The number of amides is 8. The Kier molecular flexibility index (Phi) is 33.9. The van der Waals surface area contributed by atoms with Crippen LogP contribution in [0.15, 0.2) is 115 Å². The highest BCUT2D eigenvalue weighted by atomic mass is 35.5. The molecule has 774 valence electrons. The third-order valence-electron chi connectivity index (χ3n) is 27.4. The first-order valence-corrected chi connectivity index (χ1v) is 51.1. The molecule has 7 aromatic carbocycles. The third kappa shape index (κ3) is 23.1. The van der Waals surface area contributed by atoms with Crippen molar-refractivity contribution in [3.63, 3.8) is 0 Å². The molecule has 5 saturated heterocycles. The number of hydrogen-bond acceptors (Lipinski definition) is 33. The van der Waals surface area contributed by atoms with Gasteiger partial charge in [-0.05, 0) is 185 Å². The first kappa shape index (κ1) is 105. The lowest BCUT2D eigenvalue weighted by molar-refractivity contribution is -0.336. The second-order valence-electron chi connectivity index (χ2n) is 37.8. The summed E-state index contributed by atoms with van der Waals surface area (Å²) in [6.07, 6.45) is -8.92. The van der Waals surface area contributed by atoms with E-state index in [-0.39, 0.29) is 64.1 Å².